The molecule has 2 heterocycles. The van der Waals surface area contributed by atoms with E-state index < -0.39 is 0 Å². The molecular weight excluding hydrogens is 300 g/mol. The first-order chi connectivity index (χ1) is 9.74. The number of halogens is 1. The molecule has 0 unspecified atom stereocenters. The third-order valence-electron chi connectivity index (χ3n) is 2.75. The quantitative estimate of drug-likeness (QED) is 0.925. The Labute approximate surface area is 124 Å². The van der Waals surface area contributed by atoms with Gasteiger partial charge in [-0.1, -0.05) is 11.6 Å². The summed E-state index contributed by atoms with van der Waals surface area (Å²) in [6.45, 7) is 1.17. The molecule has 0 fully saturated rings. The van der Waals surface area contributed by atoms with E-state index in [0.29, 0.717) is 41.1 Å². The van der Waals surface area contributed by atoms with Gasteiger partial charge in [0.15, 0.2) is 11.5 Å². The molecule has 1 aliphatic rings. The number of fused-ring (bicyclic) bond motifs is 1. The summed E-state index contributed by atoms with van der Waals surface area (Å²) in [5.74, 6) is 0.877. The highest BCUT2D eigenvalue weighted by Gasteiger charge is 2.16. The number of carbonyl (C=O) groups excluding carboxylic acids is 1. The van der Waals surface area contributed by atoms with E-state index in [-0.39, 0.29) is 5.91 Å². The Morgan fingerprint density at radius 2 is 2.05 bits per heavy atom. The first-order valence-corrected chi connectivity index (χ1v) is 7.35. The summed E-state index contributed by atoms with van der Waals surface area (Å²) in [5, 5.41) is 4.79. The van der Waals surface area contributed by atoms with Crippen LogP contribution in [0.3, 0.4) is 0 Å². The minimum atomic E-state index is -0.303. The van der Waals surface area contributed by atoms with Crippen molar-refractivity contribution in [3.8, 4) is 11.5 Å². The summed E-state index contributed by atoms with van der Waals surface area (Å²) in [5.41, 5.74) is 2.44. The van der Waals surface area contributed by atoms with Gasteiger partial charge in [-0.3, -0.25) is 4.79 Å². The first-order valence-electron chi connectivity index (χ1n) is 6.03. The standard InChI is InChI=1S/C13H11ClN2O3S/c14-8-4-11-12(19-3-1-2-18-11)5-9(8)16-13(17)10-6-20-7-15-10/h4-7H,1-3H2,(H,16,17). The number of benzene rings is 1. The fraction of sp³-hybridized carbons (Fsp3) is 0.231. The van der Waals surface area contributed by atoms with Crippen LogP contribution in [0.4, 0.5) is 5.69 Å². The molecule has 7 heteroatoms. The van der Waals surface area contributed by atoms with Crippen LogP contribution >= 0.6 is 22.9 Å². The summed E-state index contributed by atoms with van der Waals surface area (Å²) in [6, 6.07) is 3.33. The molecule has 0 radical (unpaired) electrons. The van der Waals surface area contributed by atoms with E-state index in [1.165, 1.54) is 11.3 Å². The Morgan fingerprint density at radius 3 is 2.75 bits per heavy atom. The van der Waals surface area contributed by atoms with Gasteiger partial charge >= 0.3 is 0 Å². The van der Waals surface area contributed by atoms with Crippen molar-refractivity contribution in [1.29, 1.82) is 0 Å². The zero-order chi connectivity index (χ0) is 13.9. The number of ether oxygens (including phenoxy) is 2. The normalized spacial score (nSPS) is 13.7. The molecule has 0 aliphatic carbocycles. The Hall–Kier alpha value is -1.79. The highest BCUT2D eigenvalue weighted by atomic mass is 35.5. The average Bonchev–Trinajstić information content (AvgIpc) is 2.88. The first kappa shape index (κ1) is 13.2. The van der Waals surface area contributed by atoms with Crippen LogP contribution in [0.15, 0.2) is 23.0 Å². The molecule has 1 amide bonds. The minimum absolute atomic E-state index is 0.303. The number of anilines is 1. The van der Waals surface area contributed by atoms with Crippen LogP contribution in [0.25, 0.3) is 0 Å². The fourth-order valence-electron chi connectivity index (χ4n) is 1.79. The van der Waals surface area contributed by atoms with Crippen molar-refractivity contribution in [3.05, 3.63) is 33.7 Å². The summed E-state index contributed by atoms with van der Waals surface area (Å²) in [4.78, 5) is 15.9. The number of amides is 1. The third-order valence-corrected chi connectivity index (χ3v) is 3.65. The molecule has 1 aromatic carbocycles. The Balaban J connectivity index is 1.86. The molecule has 0 spiro atoms. The molecular formula is C13H11ClN2O3S. The van der Waals surface area contributed by atoms with Crippen LogP contribution < -0.4 is 14.8 Å². The number of aromatic nitrogens is 1. The maximum atomic E-state index is 12.0. The van der Waals surface area contributed by atoms with E-state index in [0.717, 1.165) is 6.42 Å². The summed E-state index contributed by atoms with van der Waals surface area (Å²) in [6.07, 6.45) is 0.812. The van der Waals surface area contributed by atoms with Crippen LogP contribution in [0.1, 0.15) is 16.9 Å². The van der Waals surface area contributed by atoms with Crippen molar-refractivity contribution in [2.24, 2.45) is 0 Å². The van der Waals surface area contributed by atoms with E-state index >= 15 is 0 Å². The molecule has 0 saturated carbocycles. The van der Waals surface area contributed by atoms with Crippen molar-refractivity contribution in [1.82, 2.24) is 4.98 Å². The smallest absolute Gasteiger partial charge is 0.275 e. The highest BCUT2D eigenvalue weighted by molar-refractivity contribution is 7.07. The average molecular weight is 311 g/mol. The van der Waals surface area contributed by atoms with Gasteiger partial charge in [0.25, 0.3) is 5.91 Å². The SMILES string of the molecule is O=C(Nc1cc2c(cc1Cl)OCCCO2)c1cscn1. The number of nitrogens with one attached hydrogen (secondary N) is 1. The second kappa shape index (κ2) is 5.68. The predicted molar refractivity (Wildman–Crippen MR) is 77.1 cm³/mol. The summed E-state index contributed by atoms with van der Waals surface area (Å²) < 4.78 is 11.1. The molecule has 0 saturated heterocycles. The largest absolute Gasteiger partial charge is 0.490 e. The fourth-order valence-corrected chi connectivity index (χ4v) is 2.52. The molecule has 20 heavy (non-hydrogen) atoms. The number of rotatable bonds is 2. The number of thiazole rings is 1. The molecule has 1 aromatic heterocycles. The summed E-state index contributed by atoms with van der Waals surface area (Å²) >= 11 is 7.51. The van der Waals surface area contributed by atoms with E-state index in [2.05, 4.69) is 10.3 Å². The third kappa shape index (κ3) is 2.71. The van der Waals surface area contributed by atoms with Crippen LogP contribution in [0.2, 0.25) is 5.02 Å². The lowest BCUT2D eigenvalue weighted by atomic mass is 10.2. The van der Waals surface area contributed by atoms with Gasteiger partial charge in [-0.2, -0.15) is 0 Å². The minimum Gasteiger partial charge on any atom is -0.490 e. The van der Waals surface area contributed by atoms with Crippen molar-refractivity contribution >= 4 is 34.5 Å². The van der Waals surface area contributed by atoms with E-state index in [1.807, 2.05) is 0 Å². The van der Waals surface area contributed by atoms with Gasteiger partial charge in [-0.15, -0.1) is 11.3 Å². The van der Waals surface area contributed by atoms with Crippen LogP contribution in [0, 0.1) is 0 Å². The molecule has 3 rings (SSSR count). The van der Waals surface area contributed by atoms with Gasteiger partial charge in [0.1, 0.15) is 5.69 Å². The number of hydrogen-bond acceptors (Lipinski definition) is 5. The molecule has 2 aromatic rings. The van der Waals surface area contributed by atoms with Gasteiger partial charge in [0, 0.05) is 23.9 Å². The number of carbonyl (C=O) groups is 1. The molecule has 1 aliphatic heterocycles. The maximum Gasteiger partial charge on any atom is 0.275 e. The molecule has 1 N–H and O–H groups in total. The van der Waals surface area contributed by atoms with E-state index in [9.17, 15) is 4.79 Å². The lowest BCUT2D eigenvalue weighted by Crippen LogP contribution is -2.12. The maximum absolute atomic E-state index is 12.0. The zero-order valence-corrected chi connectivity index (χ0v) is 12.0. The Bertz CT molecular complexity index is 631. The van der Waals surface area contributed by atoms with E-state index in [4.69, 9.17) is 21.1 Å². The Morgan fingerprint density at radius 1 is 1.30 bits per heavy atom. The highest BCUT2D eigenvalue weighted by Crippen LogP contribution is 2.37. The van der Waals surface area contributed by atoms with Gasteiger partial charge in [0.2, 0.25) is 0 Å². The topological polar surface area (TPSA) is 60.5 Å². The summed E-state index contributed by atoms with van der Waals surface area (Å²) in [7, 11) is 0. The second-order valence-electron chi connectivity index (χ2n) is 4.16. The molecule has 0 atom stereocenters. The van der Waals surface area contributed by atoms with Crippen LogP contribution in [-0.2, 0) is 0 Å². The predicted octanol–water partition coefficient (Wildman–Crippen LogP) is 3.21. The van der Waals surface area contributed by atoms with Crippen molar-refractivity contribution in [3.63, 3.8) is 0 Å². The number of nitrogens with zero attached hydrogens (tertiary/aromatic N) is 1. The van der Waals surface area contributed by atoms with Gasteiger partial charge < -0.3 is 14.8 Å². The van der Waals surface area contributed by atoms with Gasteiger partial charge in [0.05, 0.1) is 29.4 Å². The van der Waals surface area contributed by atoms with Crippen LogP contribution in [-0.4, -0.2) is 24.1 Å². The van der Waals surface area contributed by atoms with E-state index in [1.54, 1.807) is 23.0 Å². The lowest BCUT2D eigenvalue weighted by molar-refractivity contribution is 0.102. The van der Waals surface area contributed by atoms with Gasteiger partial charge in [-0.25, -0.2) is 4.98 Å². The van der Waals surface area contributed by atoms with Gasteiger partial charge in [-0.05, 0) is 0 Å². The van der Waals surface area contributed by atoms with Crippen molar-refractivity contribution in [2.75, 3.05) is 18.5 Å². The zero-order valence-electron chi connectivity index (χ0n) is 10.4. The van der Waals surface area contributed by atoms with Crippen molar-refractivity contribution in [2.45, 2.75) is 6.42 Å². The Kier molecular flexibility index (Phi) is 3.75. The second-order valence-corrected chi connectivity index (χ2v) is 5.28. The van der Waals surface area contributed by atoms with Crippen LogP contribution in [0.5, 0.6) is 11.5 Å². The molecule has 0 bridgehead atoms. The molecule has 104 valence electrons. The lowest BCUT2D eigenvalue weighted by Gasteiger charge is -2.11. The molecule has 5 nitrogen and oxygen atoms in total. The van der Waals surface area contributed by atoms with Crippen molar-refractivity contribution < 1.29 is 14.3 Å². The number of hydrogen-bond donors (Lipinski definition) is 1. The monoisotopic (exact) mass is 310 g/mol.